The SMILES string of the molecule is COc1ccc(OC)c(C(=O)N2CCOCC2CN)c1. The maximum absolute atomic E-state index is 12.7. The molecule has 1 amide bonds. The summed E-state index contributed by atoms with van der Waals surface area (Å²) in [6, 6.07) is 5.07. The van der Waals surface area contributed by atoms with Crippen LogP contribution in [0.15, 0.2) is 18.2 Å². The minimum Gasteiger partial charge on any atom is -0.497 e. The first kappa shape index (κ1) is 14.6. The Labute approximate surface area is 118 Å². The Hall–Kier alpha value is -1.79. The van der Waals surface area contributed by atoms with E-state index in [-0.39, 0.29) is 11.9 Å². The van der Waals surface area contributed by atoms with Gasteiger partial charge in [0.2, 0.25) is 0 Å². The maximum atomic E-state index is 12.7. The molecule has 1 saturated heterocycles. The highest BCUT2D eigenvalue weighted by Crippen LogP contribution is 2.26. The van der Waals surface area contributed by atoms with E-state index < -0.39 is 0 Å². The van der Waals surface area contributed by atoms with Crippen molar-refractivity contribution in [3.8, 4) is 11.5 Å². The maximum Gasteiger partial charge on any atom is 0.258 e. The van der Waals surface area contributed by atoms with Crippen LogP contribution in [0.5, 0.6) is 11.5 Å². The summed E-state index contributed by atoms with van der Waals surface area (Å²) in [4.78, 5) is 14.4. The van der Waals surface area contributed by atoms with Crippen molar-refractivity contribution in [1.29, 1.82) is 0 Å². The third-order valence-corrected chi connectivity index (χ3v) is 3.40. The number of benzene rings is 1. The summed E-state index contributed by atoms with van der Waals surface area (Å²) in [5.41, 5.74) is 6.19. The first-order chi connectivity index (χ1) is 9.71. The van der Waals surface area contributed by atoms with Crippen LogP contribution in [-0.4, -0.2) is 57.4 Å². The Balaban J connectivity index is 2.31. The van der Waals surface area contributed by atoms with Gasteiger partial charge in [-0.15, -0.1) is 0 Å². The lowest BCUT2D eigenvalue weighted by molar-refractivity contribution is 0.000675. The number of morpholine rings is 1. The van der Waals surface area contributed by atoms with E-state index in [0.29, 0.717) is 43.4 Å². The van der Waals surface area contributed by atoms with Crippen LogP contribution < -0.4 is 15.2 Å². The molecule has 1 aromatic carbocycles. The molecule has 0 spiro atoms. The molecule has 1 aromatic rings. The summed E-state index contributed by atoms with van der Waals surface area (Å²) >= 11 is 0. The molecule has 1 aliphatic heterocycles. The fourth-order valence-electron chi connectivity index (χ4n) is 2.25. The zero-order chi connectivity index (χ0) is 14.5. The highest BCUT2D eigenvalue weighted by atomic mass is 16.5. The van der Waals surface area contributed by atoms with E-state index >= 15 is 0 Å². The molecule has 0 bridgehead atoms. The van der Waals surface area contributed by atoms with E-state index in [1.807, 2.05) is 0 Å². The molecule has 2 rings (SSSR count). The zero-order valence-electron chi connectivity index (χ0n) is 11.8. The van der Waals surface area contributed by atoms with Crippen molar-refractivity contribution in [2.24, 2.45) is 5.73 Å². The van der Waals surface area contributed by atoms with Crippen molar-refractivity contribution in [2.45, 2.75) is 6.04 Å². The van der Waals surface area contributed by atoms with Crippen LogP contribution in [0.25, 0.3) is 0 Å². The molecular formula is C14H20N2O4. The van der Waals surface area contributed by atoms with Crippen LogP contribution in [0, 0.1) is 0 Å². The van der Waals surface area contributed by atoms with Crippen molar-refractivity contribution in [1.82, 2.24) is 4.90 Å². The summed E-state index contributed by atoms with van der Waals surface area (Å²) in [6.07, 6.45) is 0. The summed E-state index contributed by atoms with van der Waals surface area (Å²) < 4.78 is 15.8. The molecule has 1 atom stereocenters. The van der Waals surface area contributed by atoms with Crippen LogP contribution in [0.2, 0.25) is 0 Å². The summed E-state index contributed by atoms with van der Waals surface area (Å²) in [7, 11) is 3.10. The molecule has 1 fully saturated rings. The van der Waals surface area contributed by atoms with Crippen molar-refractivity contribution in [2.75, 3.05) is 40.5 Å². The first-order valence-corrected chi connectivity index (χ1v) is 6.52. The van der Waals surface area contributed by atoms with Crippen LogP contribution >= 0.6 is 0 Å². The van der Waals surface area contributed by atoms with Crippen molar-refractivity contribution >= 4 is 5.91 Å². The van der Waals surface area contributed by atoms with Gasteiger partial charge in [-0.25, -0.2) is 0 Å². The quantitative estimate of drug-likeness (QED) is 0.869. The number of ether oxygens (including phenoxy) is 3. The number of nitrogens with zero attached hydrogens (tertiary/aromatic N) is 1. The lowest BCUT2D eigenvalue weighted by Gasteiger charge is -2.35. The van der Waals surface area contributed by atoms with Gasteiger partial charge in [0.05, 0.1) is 39.0 Å². The van der Waals surface area contributed by atoms with Crippen LogP contribution in [-0.2, 0) is 4.74 Å². The second kappa shape index (κ2) is 6.58. The Morgan fingerprint density at radius 1 is 1.45 bits per heavy atom. The number of hydrogen-bond donors (Lipinski definition) is 1. The second-order valence-corrected chi connectivity index (χ2v) is 4.53. The molecule has 0 radical (unpaired) electrons. The van der Waals surface area contributed by atoms with Crippen molar-refractivity contribution in [3.63, 3.8) is 0 Å². The van der Waals surface area contributed by atoms with E-state index in [1.54, 1.807) is 30.2 Å². The highest BCUT2D eigenvalue weighted by Gasteiger charge is 2.29. The molecule has 6 heteroatoms. The standard InChI is InChI=1S/C14H20N2O4/c1-18-11-3-4-13(19-2)12(7-11)14(17)16-5-6-20-9-10(16)8-15/h3-4,7,10H,5-6,8-9,15H2,1-2H3. The van der Waals surface area contributed by atoms with Crippen molar-refractivity contribution in [3.05, 3.63) is 23.8 Å². The van der Waals surface area contributed by atoms with E-state index in [2.05, 4.69) is 0 Å². The minimum atomic E-state index is -0.112. The number of hydrogen-bond acceptors (Lipinski definition) is 5. The molecule has 1 aliphatic rings. The van der Waals surface area contributed by atoms with E-state index in [4.69, 9.17) is 19.9 Å². The van der Waals surface area contributed by atoms with Crippen LogP contribution in [0.3, 0.4) is 0 Å². The van der Waals surface area contributed by atoms with Gasteiger partial charge in [0, 0.05) is 13.1 Å². The van der Waals surface area contributed by atoms with Gasteiger partial charge in [0.1, 0.15) is 11.5 Å². The Bertz CT molecular complexity index is 478. The monoisotopic (exact) mass is 280 g/mol. The summed E-state index contributed by atoms with van der Waals surface area (Å²) in [6.45, 7) is 1.89. The highest BCUT2D eigenvalue weighted by molar-refractivity contribution is 5.97. The third kappa shape index (κ3) is 2.86. The van der Waals surface area contributed by atoms with Gasteiger partial charge in [0.25, 0.3) is 5.91 Å². The molecule has 1 unspecified atom stereocenters. The Morgan fingerprint density at radius 3 is 2.90 bits per heavy atom. The van der Waals surface area contributed by atoms with Gasteiger partial charge in [0.15, 0.2) is 0 Å². The lowest BCUT2D eigenvalue weighted by Crippen LogP contribution is -2.52. The van der Waals surface area contributed by atoms with Gasteiger partial charge < -0.3 is 24.8 Å². The second-order valence-electron chi connectivity index (χ2n) is 4.53. The van der Waals surface area contributed by atoms with Crippen molar-refractivity contribution < 1.29 is 19.0 Å². The third-order valence-electron chi connectivity index (χ3n) is 3.40. The zero-order valence-corrected chi connectivity index (χ0v) is 11.8. The molecule has 0 aliphatic carbocycles. The smallest absolute Gasteiger partial charge is 0.258 e. The molecule has 0 aromatic heterocycles. The molecule has 0 saturated carbocycles. The average Bonchev–Trinajstić information content (AvgIpc) is 2.53. The number of methoxy groups -OCH3 is 2. The van der Waals surface area contributed by atoms with Crippen LogP contribution in [0.1, 0.15) is 10.4 Å². The van der Waals surface area contributed by atoms with Gasteiger partial charge in [-0.2, -0.15) is 0 Å². The largest absolute Gasteiger partial charge is 0.497 e. The lowest BCUT2D eigenvalue weighted by atomic mass is 10.1. The molecule has 1 heterocycles. The fourth-order valence-corrected chi connectivity index (χ4v) is 2.25. The number of carbonyl (C=O) groups is 1. The fraction of sp³-hybridized carbons (Fsp3) is 0.500. The first-order valence-electron chi connectivity index (χ1n) is 6.52. The molecule has 110 valence electrons. The molecule has 6 nitrogen and oxygen atoms in total. The molecule has 20 heavy (non-hydrogen) atoms. The van der Waals surface area contributed by atoms with E-state index in [9.17, 15) is 4.79 Å². The van der Waals surface area contributed by atoms with E-state index in [1.165, 1.54) is 7.11 Å². The van der Waals surface area contributed by atoms with Crippen LogP contribution in [0.4, 0.5) is 0 Å². The number of amides is 1. The Kier molecular flexibility index (Phi) is 4.81. The predicted octanol–water partition coefficient (Wildman–Crippen LogP) is 0.504. The van der Waals surface area contributed by atoms with Gasteiger partial charge in [-0.1, -0.05) is 0 Å². The topological polar surface area (TPSA) is 74.0 Å². The van der Waals surface area contributed by atoms with Gasteiger partial charge in [-0.3, -0.25) is 4.79 Å². The van der Waals surface area contributed by atoms with E-state index in [0.717, 1.165) is 0 Å². The predicted molar refractivity (Wildman–Crippen MR) is 74.2 cm³/mol. The number of carbonyl (C=O) groups excluding carboxylic acids is 1. The Morgan fingerprint density at radius 2 is 2.25 bits per heavy atom. The number of nitrogens with two attached hydrogens (primary N) is 1. The van der Waals surface area contributed by atoms with Gasteiger partial charge in [-0.05, 0) is 18.2 Å². The molecule has 2 N–H and O–H groups in total. The summed E-state index contributed by atoms with van der Waals surface area (Å²) in [5.74, 6) is 1.03. The minimum absolute atomic E-state index is 0.104. The normalized spacial score (nSPS) is 18.8. The average molecular weight is 280 g/mol. The molecular weight excluding hydrogens is 260 g/mol. The number of rotatable bonds is 4. The van der Waals surface area contributed by atoms with Gasteiger partial charge >= 0.3 is 0 Å². The summed E-state index contributed by atoms with van der Waals surface area (Å²) in [5, 5.41) is 0.